The minimum absolute atomic E-state index is 0.160. The monoisotopic (exact) mass is 355 g/mol. The summed E-state index contributed by atoms with van der Waals surface area (Å²) in [6, 6.07) is 4.32. The summed E-state index contributed by atoms with van der Waals surface area (Å²) in [5.41, 5.74) is 7.88. The summed E-state index contributed by atoms with van der Waals surface area (Å²) in [7, 11) is 0. The number of nitro groups is 1. The second kappa shape index (κ2) is 6.75. The molecule has 2 N–H and O–H groups in total. The first-order valence-corrected chi connectivity index (χ1v) is 8.20. The van der Waals surface area contributed by atoms with Crippen LogP contribution in [-0.4, -0.2) is 23.6 Å². The first kappa shape index (κ1) is 16.2. The number of nitro benzene ring substituents is 1. The Morgan fingerprint density at radius 1 is 1.38 bits per heavy atom. The lowest BCUT2D eigenvalue weighted by Crippen LogP contribution is -2.41. The van der Waals surface area contributed by atoms with E-state index in [1.165, 1.54) is 0 Å². The van der Waals surface area contributed by atoms with Crippen LogP contribution in [0.5, 0.6) is 0 Å². The Labute approximate surface area is 133 Å². The van der Waals surface area contributed by atoms with E-state index in [-0.39, 0.29) is 10.6 Å². The highest BCUT2D eigenvalue weighted by Crippen LogP contribution is 2.36. The van der Waals surface area contributed by atoms with Crippen LogP contribution in [0.25, 0.3) is 0 Å². The van der Waals surface area contributed by atoms with Gasteiger partial charge in [0.2, 0.25) is 0 Å². The fourth-order valence-electron chi connectivity index (χ4n) is 3.11. The molecule has 21 heavy (non-hydrogen) atoms. The lowest BCUT2D eigenvalue weighted by molar-refractivity contribution is -0.385. The van der Waals surface area contributed by atoms with Crippen molar-refractivity contribution in [1.29, 1.82) is 0 Å². The van der Waals surface area contributed by atoms with Gasteiger partial charge in [0, 0.05) is 34.7 Å². The van der Waals surface area contributed by atoms with Gasteiger partial charge in [-0.3, -0.25) is 10.1 Å². The maximum Gasteiger partial charge on any atom is 0.273 e. The molecule has 1 aromatic rings. The molecule has 5 nitrogen and oxygen atoms in total. The quantitative estimate of drug-likeness (QED) is 0.659. The van der Waals surface area contributed by atoms with Gasteiger partial charge in [-0.05, 0) is 61.5 Å². The number of rotatable bonds is 4. The van der Waals surface area contributed by atoms with Crippen LogP contribution >= 0.6 is 15.9 Å². The lowest BCUT2D eigenvalue weighted by atomic mass is 9.90. The Bertz CT molecular complexity index is 528. The van der Waals surface area contributed by atoms with E-state index in [1.54, 1.807) is 13.0 Å². The van der Waals surface area contributed by atoms with E-state index in [0.29, 0.717) is 17.6 Å². The smallest absolute Gasteiger partial charge is 0.273 e. The molecule has 116 valence electrons. The highest BCUT2D eigenvalue weighted by Gasteiger charge is 2.26. The van der Waals surface area contributed by atoms with Gasteiger partial charge < -0.3 is 10.6 Å². The molecule has 0 atom stereocenters. The van der Waals surface area contributed by atoms with E-state index in [2.05, 4.69) is 27.8 Å². The molecule has 0 bridgehead atoms. The molecule has 0 amide bonds. The predicted molar refractivity (Wildman–Crippen MR) is 88.8 cm³/mol. The fourth-order valence-corrected chi connectivity index (χ4v) is 3.67. The normalized spacial score (nSPS) is 22.1. The molecule has 0 heterocycles. The number of aryl methyl sites for hydroxylation is 1. The summed E-state index contributed by atoms with van der Waals surface area (Å²) in [5, 5.41) is 11.0. The zero-order chi connectivity index (χ0) is 15.6. The largest absolute Gasteiger partial charge is 0.368 e. The second-order valence-electron chi connectivity index (χ2n) is 5.70. The van der Waals surface area contributed by atoms with E-state index in [1.807, 2.05) is 6.07 Å². The Morgan fingerprint density at radius 3 is 2.52 bits per heavy atom. The van der Waals surface area contributed by atoms with Gasteiger partial charge in [-0.1, -0.05) is 0 Å². The molecule has 1 aromatic carbocycles. The third-order valence-corrected chi connectivity index (χ3v) is 4.93. The second-order valence-corrected chi connectivity index (χ2v) is 6.56. The molecule has 0 unspecified atom stereocenters. The summed E-state index contributed by atoms with van der Waals surface area (Å²) < 4.78 is 0.788. The third kappa shape index (κ3) is 3.55. The maximum atomic E-state index is 11.0. The Balaban J connectivity index is 2.30. The van der Waals surface area contributed by atoms with Crippen molar-refractivity contribution in [3.05, 3.63) is 32.3 Å². The SMILES string of the molecule is CCN(c1cc(C)c([N+](=O)[O-])cc1Br)C1CCC(N)CC1. The number of benzene rings is 1. The zero-order valence-corrected chi connectivity index (χ0v) is 14.1. The Hall–Kier alpha value is -1.14. The summed E-state index contributed by atoms with van der Waals surface area (Å²) in [4.78, 5) is 13.0. The predicted octanol–water partition coefficient (Wildman–Crippen LogP) is 3.76. The van der Waals surface area contributed by atoms with Crippen LogP contribution in [-0.2, 0) is 0 Å². The van der Waals surface area contributed by atoms with Gasteiger partial charge in [-0.25, -0.2) is 0 Å². The molecule has 1 fully saturated rings. The van der Waals surface area contributed by atoms with Crippen molar-refractivity contribution in [2.75, 3.05) is 11.4 Å². The number of hydrogen-bond acceptors (Lipinski definition) is 4. The molecule has 0 saturated heterocycles. The Kier molecular flexibility index (Phi) is 5.22. The zero-order valence-electron chi connectivity index (χ0n) is 12.5. The van der Waals surface area contributed by atoms with Crippen molar-refractivity contribution >= 4 is 27.3 Å². The topological polar surface area (TPSA) is 72.4 Å². The standard InChI is InChI=1S/C15H22BrN3O2/c1-3-18(12-6-4-11(17)5-7-12)15-8-10(2)14(19(20)21)9-13(15)16/h8-9,11-12H,3-7,17H2,1-2H3. The number of anilines is 1. The number of hydrogen-bond donors (Lipinski definition) is 1. The highest BCUT2D eigenvalue weighted by molar-refractivity contribution is 9.10. The van der Waals surface area contributed by atoms with Crippen molar-refractivity contribution in [2.24, 2.45) is 5.73 Å². The first-order valence-electron chi connectivity index (χ1n) is 7.40. The summed E-state index contributed by atoms with van der Waals surface area (Å²) in [6.07, 6.45) is 4.25. The minimum Gasteiger partial charge on any atom is -0.368 e. The van der Waals surface area contributed by atoms with Crippen LogP contribution in [0.1, 0.15) is 38.2 Å². The lowest BCUT2D eigenvalue weighted by Gasteiger charge is -2.37. The molecule has 6 heteroatoms. The van der Waals surface area contributed by atoms with Gasteiger partial charge in [-0.15, -0.1) is 0 Å². The molecule has 1 saturated carbocycles. The van der Waals surface area contributed by atoms with E-state index in [9.17, 15) is 10.1 Å². The van der Waals surface area contributed by atoms with E-state index >= 15 is 0 Å². The number of nitrogens with zero attached hydrogens (tertiary/aromatic N) is 2. The number of nitrogens with two attached hydrogens (primary N) is 1. The molecule has 0 aromatic heterocycles. The molecule has 2 rings (SSSR count). The van der Waals surface area contributed by atoms with Gasteiger partial charge in [0.05, 0.1) is 10.6 Å². The van der Waals surface area contributed by atoms with Crippen LogP contribution in [0, 0.1) is 17.0 Å². The van der Waals surface area contributed by atoms with Crippen molar-refractivity contribution in [1.82, 2.24) is 0 Å². The van der Waals surface area contributed by atoms with Crippen LogP contribution in [0.4, 0.5) is 11.4 Å². The van der Waals surface area contributed by atoms with Crippen LogP contribution < -0.4 is 10.6 Å². The average Bonchev–Trinajstić information content (AvgIpc) is 2.44. The van der Waals surface area contributed by atoms with Crippen molar-refractivity contribution in [3.63, 3.8) is 0 Å². The van der Waals surface area contributed by atoms with Crippen LogP contribution in [0.3, 0.4) is 0 Å². The van der Waals surface area contributed by atoms with Crippen molar-refractivity contribution in [3.8, 4) is 0 Å². The molecule has 1 aliphatic rings. The van der Waals surface area contributed by atoms with Gasteiger partial charge >= 0.3 is 0 Å². The fraction of sp³-hybridized carbons (Fsp3) is 0.600. The van der Waals surface area contributed by atoms with E-state index in [0.717, 1.165) is 42.4 Å². The summed E-state index contributed by atoms with van der Waals surface area (Å²) in [5.74, 6) is 0. The molecule has 1 aliphatic carbocycles. The minimum atomic E-state index is -0.334. The maximum absolute atomic E-state index is 11.0. The summed E-state index contributed by atoms with van der Waals surface area (Å²) >= 11 is 3.50. The van der Waals surface area contributed by atoms with E-state index in [4.69, 9.17) is 5.73 Å². The molecule has 0 aliphatic heterocycles. The molecule has 0 spiro atoms. The van der Waals surface area contributed by atoms with Gasteiger partial charge in [0.1, 0.15) is 0 Å². The van der Waals surface area contributed by atoms with E-state index < -0.39 is 0 Å². The number of halogens is 1. The molecular formula is C15H22BrN3O2. The van der Waals surface area contributed by atoms with Crippen molar-refractivity contribution in [2.45, 2.75) is 51.6 Å². The Morgan fingerprint density at radius 2 is 2.00 bits per heavy atom. The molecular weight excluding hydrogens is 334 g/mol. The van der Waals surface area contributed by atoms with Gasteiger partial charge in [-0.2, -0.15) is 0 Å². The molecule has 0 radical (unpaired) electrons. The highest BCUT2D eigenvalue weighted by atomic mass is 79.9. The van der Waals surface area contributed by atoms with Gasteiger partial charge in [0.15, 0.2) is 0 Å². The van der Waals surface area contributed by atoms with Crippen LogP contribution in [0.15, 0.2) is 16.6 Å². The van der Waals surface area contributed by atoms with Gasteiger partial charge in [0.25, 0.3) is 5.69 Å². The van der Waals surface area contributed by atoms with Crippen LogP contribution in [0.2, 0.25) is 0 Å². The van der Waals surface area contributed by atoms with Crippen molar-refractivity contribution < 1.29 is 4.92 Å². The average molecular weight is 356 g/mol. The third-order valence-electron chi connectivity index (χ3n) is 4.29. The first-order chi connectivity index (χ1) is 9.93. The summed E-state index contributed by atoms with van der Waals surface area (Å²) in [6.45, 7) is 4.80.